The summed E-state index contributed by atoms with van der Waals surface area (Å²) in [6, 6.07) is 4.34. The van der Waals surface area contributed by atoms with Gasteiger partial charge in [-0.15, -0.1) is 11.3 Å². The molecule has 1 heterocycles. The van der Waals surface area contributed by atoms with Crippen LogP contribution in [-0.4, -0.2) is 12.1 Å². The molecule has 3 rings (SSSR count). The van der Waals surface area contributed by atoms with Crippen molar-refractivity contribution in [2.45, 2.75) is 45.2 Å². The van der Waals surface area contributed by atoms with Crippen molar-refractivity contribution in [3.05, 3.63) is 22.4 Å². The summed E-state index contributed by atoms with van der Waals surface area (Å²) in [5.74, 6) is 2.50. The molecule has 2 aliphatic rings. The fraction of sp³-hybridized carbons (Fsp3) is 0.667. The van der Waals surface area contributed by atoms with E-state index >= 15 is 0 Å². The lowest BCUT2D eigenvalue weighted by atomic mass is 9.84. The van der Waals surface area contributed by atoms with Gasteiger partial charge in [-0.25, -0.2) is 4.79 Å². The Hall–Kier alpha value is -1.03. The van der Waals surface area contributed by atoms with Gasteiger partial charge in [-0.2, -0.15) is 0 Å². The van der Waals surface area contributed by atoms with Crippen molar-refractivity contribution < 1.29 is 4.79 Å². The second-order valence-corrected chi connectivity index (χ2v) is 7.07. The molecule has 0 spiro atoms. The average molecular weight is 278 g/mol. The van der Waals surface area contributed by atoms with Crippen LogP contribution in [0.3, 0.4) is 0 Å². The largest absolute Gasteiger partial charge is 0.335 e. The number of urea groups is 1. The Balaban J connectivity index is 1.44. The predicted molar refractivity (Wildman–Crippen MR) is 78.1 cm³/mol. The lowest BCUT2D eigenvalue weighted by Gasteiger charge is -2.28. The van der Waals surface area contributed by atoms with E-state index in [1.807, 2.05) is 17.5 Å². The quantitative estimate of drug-likeness (QED) is 0.871. The van der Waals surface area contributed by atoms with E-state index in [4.69, 9.17) is 0 Å². The highest BCUT2D eigenvalue weighted by molar-refractivity contribution is 7.09. The smallest absolute Gasteiger partial charge is 0.315 e. The van der Waals surface area contributed by atoms with Crippen molar-refractivity contribution >= 4 is 17.4 Å². The normalized spacial score (nSPS) is 30.3. The molecule has 2 aliphatic carbocycles. The Bertz CT molecular complexity index is 431. The van der Waals surface area contributed by atoms with Crippen molar-refractivity contribution in [1.82, 2.24) is 10.6 Å². The van der Waals surface area contributed by atoms with Gasteiger partial charge in [0.25, 0.3) is 0 Å². The molecule has 3 nitrogen and oxygen atoms in total. The van der Waals surface area contributed by atoms with Crippen molar-refractivity contribution in [3.8, 4) is 0 Å². The standard InChI is InChI=1S/C15H22N2OS/c1-10(14-8-11-4-5-12(14)7-11)17-15(18)16-9-13-3-2-6-19-13/h2-3,6,10-12,14H,4-5,7-9H2,1H3,(H2,16,17,18). The maximum absolute atomic E-state index is 11.9. The van der Waals surface area contributed by atoms with Crippen LogP contribution in [0.5, 0.6) is 0 Å². The number of hydrogen-bond acceptors (Lipinski definition) is 2. The fourth-order valence-electron chi connectivity index (χ4n) is 3.85. The van der Waals surface area contributed by atoms with Crippen LogP contribution in [0.1, 0.15) is 37.5 Å². The summed E-state index contributed by atoms with van der Waals surface area (Å²) in [6.45, 7) is 2.79. The molecule has 0 saturated heterocycles. The van der Waals surface area contributed by atoms with E-state index in [1.165, 1.54) is 30.6 Å². The first-order valence-electron chi connectivity index (χ1n) is 7.29. The summed E-state index contributed by atoms with van der Waals surface area (Å²) < 4.78 is 0. The zero-order valence-electron chi connectivity index (χ0n) is 11.4. The lowest BCUT2D eigenvalue weighted by Crippen LogP contribution is -2.44. The maximum atomic E-state index is 11.9. The van der Waals surface area contributed by atoms with Gasteiger partial charge in [0.05, 0.1) is 6.54 Å². The van der Waals surface area contributed by atoms with Crippen LogP contribution in [0, 0.1) is 17.8 Å². The average Bonchev–Trinajstić information content (AvgIpc) is 3.13. The minimum absolute atomic E-state index is 0.0244. The molecule has 2 N–H and O–H groups in total. The minimum Gasteiger partial charge on any atom is -0.335 e. The zero-order chi connectivity index (χ0) is 13.2. The van der Waals surface area contributed by atoms with E-state index in [1.54, 1.807) is 11.3 Å². The Morgan fingerprint density at radius 1 is 1.47 bits per heavy atom. The molecule has 4 unspecified atom stereocenters. The fourth-order valence-corrected chi connectivity index (χ4v) is 4.50. The van der Waals surface area contributed by atoms with E-state index in [0.717, 1.165) is 11.8 Å². The molecule has 1 aromatic rings. The van der Waals surface area contributed by atoms with Gasteiger partial charge in [-0.3, -0.25) is 0 Å². The molecule has 19 heavy (non-hydrogen) atoms. The lowest BCUT2D eigenvalue weighted by molar-refractivity contribution is 0.220. The Labute approximate surface area is 118 Å². The summed E-state index contributed by atoms with van der Waals surface area (Å²) in [4.78, 5) is 13.1. The van der Waals surface area contributed by atoms with Gasteiger partial charge in [-0.05, 0) is 55.4 Å². The molecule has 2 fully saturated rings. The molecule has 2 saturated carbocycles. The van der Waals surface area contributed by atoms with Gasteiger partial charge in [0, 0.05) is 10.9 Å². The highest BCUT2D eigenvalue weighted by Gasteiger charge is 2.42. The van der Waals surface area contributed by atoms with Crippen LogP contribution < -0.4 is 10.6 Å². The number of thiophene rings is 1. The molecule has 0 aliphatic heterocycles. The van der Waals surface area contributed by atoms with Crippen LogP contribution in [0.15, 0.2) is 17.5 Å². The highest BCUT2D eigenvalue weighted by Crippen LogP contribution is 2.49. The Kier molecular flexibility index (Phi) is 3.78. The molecular weight excluding hydrogens is 256 g/mol. The monoisotopic (exact) mass is 278 g/mol. The van der Waals surface area contributed by atoms with E-state index in [9.17, 15) is 4.79 Å². The van der Waals surface area contributed by atoms with Gasteiger partial charge in [-0.1, -0.05) is 12.5 Å². The molecule has 4 heteroatoms. The predicted octanol–water partition coefficient (Wildman–Crippen LogP) is 3.37. The first-order chi connectivity index (χ1) is 9.22. The van der Waals surface area contributed by atoms with Crippen LogP contribution in [0.4, 0.5) is 4.79 Å². The number of fused-ring (bicyclic) bond motifs is 2. The number of rotatable bonds is 4. The summed E-state index contributed by atoms with van der Waals surface area (Å²) >= 11 is 1.68. The van der Waals surface area contributed by atoms with Gasteiger partial charge in [0.2, 0.25) is 0 Å². The van der Waals surface area contributed by atoms with Crippen LogP contribution in [0.25, 0.3) is 0 Å². The third kappa shape index (κ3) is 2.94. The van der Waals surface area contributed by atoms with E-state index in [2.05, 4.69) is 17.6 Å². The molecule has 4 atom stereocenters. The van der Waals surface area contributed by atoms with Crippen LogP contribution in [-0.2, 0) is 6.54 Å². The van der Waals surface area contributed by atoms with Gasteiger partial charge in [0.15, 0.2) is 0 Å². The van der Waals surface area contributed by atoms with Crippen molar-refractivity contribution in [1.29, 1.82) is 0 Å². The third-order valence-corrected chi connectivity index (χ3v) is 5.67. The second kappa shape index (κ2) is 5.53. The van der Waals surface area contributed by atoms with E-state index < -0.39 is 0 Å². The summed E-state index contributed by atoms with van der Waals surface area (Å²) in [6.07, 6.45) is 5.50. The number of amides is 2. The number of carbonyl (C=O) groups excluding carboxylic acids is 1. The number of carbonyl (C=O) groups is 1. The number of nitrogens with one attached hydrogen (secondary N) is 2. The minimum atomic E-state index is -0.0244. The van der Waals surface area contributed by atoms with Crippen molar-refractivity contribution in [3.63, 3.8) is 0 Å². The van der Waals surface area contributed by atoms with Crippen molar-refractivity contribution in [2.75, 3.05) is 0 Å². The molecule has 0 aromatic carbocycles. The van der Waals surface area contributed by atoms with Crippen LogP contribution >= 0.6 is 11.3 Å². The SMILES string of the molecule is CC(NC(=O)NCc1cccs1)C1CC2CCC1C2. The molecule has 2 bridgehead atoms. The molecule has 104 valence electrons. The third-order valence-electron chi connectivity index (χ3n) is 4.80. The molecule has 1 aromatic heterocycles. The van der Waals surface area contributed by atoms with Crippen LogP contribution in [0.2, 0.25) is 0 Å². The Morgan fingerprint density at radius 3 is 3.00 bits per heavy atom. The van der Waals surface area contributed by atoms with E-state index in [-0.39, 0.29) is 6.03 Å². The summed E-state index contributed by atoms with van der Waals surface area (Å²) in [5.41, 5.74) is 0. The van der Waals surface area contributed by atoms with Gasteiger partial charge < -0.3 is 10.6 Å². The highest BCUT2D eigenvalue weighted by atomic mass is 32.1. The van der Waals surface area contributed by atoms with Crippen molar-refractivity contribution in [2.24, 2.45) is 17.8 Å². The van der Waals surface area contributed by atoms with Gasteiger partial charge in [0.1, 0.15) is 0 Å². The first-order valence-corrected chi connectivity index (χ1v) is 8.17. The molecule has 0 radical (unpaired) electrons. The summed E-state index contributed by atoms with van der Waals surface area (Å²) in [5, 5.41) is 8.10. The molecular formula is C15H22N2OS. The topological polar surface area (TPSA) is 41.1 Å². The maximum Gasteiger partial charge on any atom is 0.315 e. The zero-order valence-corrected chi connectivity index (χ0v) is 12.2. The first kappa shape index (κ1) is 13.0. The van der Waals surface area contributed by atoms with Gasteiger partial charge >= 0.3 is 6.03 Å². The summed E-state index contributed by atoms with van der Waals surface area (Å²) in [7, 11) is 0. The number of hydrogen-bond donors (Lipinski definition) is 2. The molecule has 2 amide bonds. The second-order valence-electron chi connectivity index (χ2n) is 6.03. The van der Waals surface area contributed by atoms with E-state index in [0.29, 0.717) is 18.5 Å². The Morgan fingerprint density at radius 2 is 2.37 bits per heavy atom.